The molecule has 0 amide bonds. The Kier molecular flexibility index (Phi) is 11.5. The Balaban J connectivity index is 0.000000222. The highest BCUT2D eigenvalue weighted by Crippen LogP contribution is 2.36. The van der Waals surface area contributed by atoms with Gasteiger partial charge in [-0.15, -0.1) is 0 Å². The first-order valence-electron chi connectivity index (χ1n) is 15.3. The average Bonchev–Trinajstić information content (AvgIpc) is 3.61. The third-order valence-corrected chi connectivity index (χ3v) is 7.92. The Bertz CT molecular complexity index is 1860. The maximum atomic E-state index is 12.1. The van der Waals surface area contributed by atoms with Crippen molar-refractivity contribution in [3.05, 3.63) is 76.0 Å². The number of aryl methyl sites for hydroxylation is 2. The summed E-state index contributed by atoms with van der Waals surface area (Å²) >= 11 is 11.8. The van der Waals surface area contributed by atoms with Crippen LogP contribution in [0.2, 0.25) is 10.0 Å². The average molecular weight is 714 g/mol. The molecule has 1 aliphatic heterocycles. The minimum atomic E-state index is -0.903. The van der Waals surface area contributed by atoms with Crippen molar-refractivity contribution in [3.63, 3.8) is 0 Å². The molecule has 49 heavy (non-hydrogen) atoms. The molecule has 4 aromatic rings. The number of hydrogen-bond donors (Lipinski definition) is 1. The summed E-state index contributed by atoms with van der Waals surface area (Å²) < 4.78 is 18.3. The number of halogens is 2. The monoisotopic (exact) mass is 712 g/mol. The summed E-state index contributed by atoms with van der Waals surface area (Å²) in [4.78, 5) is 44.8. The van der Waals surface area contributed by atoms with Crippen LogP contribution in [0.25, 0.3) is 28.3 Å². The third kappa shape index (κ3) is 9.04. The van der Waals surface area contributed by atoms with Crippen molar-refractivity contribution in [2.75, 3.05) is 19.8 Å². The summed E-state index contributed by atoms with van der Waals surface area (Å²) in [5.41, 5.74) is 0.0552. The number of carbonyl (C=O) groups excluding carboxylic acids is 3. The van der Waals surface area contributed by atoms with Crippen molar-refractivity contribution >= 4 is 46.7 Å². The summed E-state index contributed by atoms with van der Waals surface area (Å²) in [6.45, 7) is 9.00. The van der Waals surface area contributed by atoms with Gasteiger partial charge in [-0.05, 0) is 83.1 Å². The minimum absolute atomic E-state index is 0.0353. The van der Waals surface area contributed by atoms with E-state index in [2.05, 4.69) is 20.2 Å². The van der Waals surface area contributed by atoms with E-state index in [1.54, 1.807) is 85.1 Å². The molecule has 0 saturated heterocycles. The Morgan fingerprint density at radius 2 is 1.45 bits per heavy atom. The van der Waals surface area contributed by atoms with E-state index in [9.17, 15) is 19.5 Å². The van der Waals surface area contributed by atoms with E-state index in [4.69, 9.17) is 37.4 Å². The van der Waals surface area contributed by atoms with Crippen molar-refractivity contribution in [2.24, 2.45) is 24.9 Å². The minimum Gasteiger partial charge on any atom is -0.511 e. The van der Waals surface area contributed by atoms with E-state index < -0.39 is 28.7 Å². The lowest BCUT2D eigenvalue weighted by Crippen LogP contribution is -2.33. The Labute approximate surface area is 293 Å². The van der Waals surface area contributed by atoms with E-state index >= 15 is 0 Å². The lowest BCUT2D eigenvalue weighted by molar-refractivity contribution is -0.161. The van der Waals surface area contributed by atoms with Crippen molar-refractivity contribution in [2.45, 2.75) is 41.0 Å². The van der Waals surface area contributed by atoms with Gasteiger partial charge in [-0.3, -0.25) is 14.3 Å². The zero-order valence-electron chi connectivity index (χ0n) is 28.3. The van der Waals surface area contributed by atoms with E-state index in [0.29, 0.717) is 27.5 Å². The normalized spacial score (nSPS) is 14.1. The Hall–Kier alpha value is -4.75. The zero-order valence-corrected chi connectivity index (χ0v) is 29.8. The molecular weight excluding hydrogens is 675 g/mol. The summed E-state index contributed by atoms with van der Waals surface area (Å²) in [5, 5.41) is 20.3. The number of rotatable bonds is 9. The first-order chi connectivity index (χ1) is 23.0. The number of nitrogens with zero attached hydrogens (tertiary/aromatic N) is 6. The van der Waals surface area contributed by atoms with Gasteiger partial charge in [0, 0.05) is 35.3 Å². The summed E-state index contributed by atoms with van der Waals surface area (Å²) in [6, 6.07) is 14.2. The van der Waals surface area contributed by atoms with E-state index in [-0.39, 0.29) is 43.4 Å². The summed E-state index contributed by atoms with van der Waals surface area (Å²) in [7, 11) is 3.37. The highest BCUT2D eigenvalue weighted by molar-refractivity contribution is 6.30. The molecule has 3 heterocycles. The Morgan fingerprint density at radius 1 is 0.918 bits per heavy atom. The highest BCUT2D eigenvalue weighted by Gasteiger charge is 2.39. The first-order valence-corrected chi connectivity index (χ1v) is 16.0. The quantitative estimate of drug-likeness (QED) is 0.165. The molecule has 0 radical (unpaired) electrons. The molecule has 0 atom stereocenters. The zero-order chi connectivity index (χ0) is 36.1. The molecule has 0 bridgehead atoms. The lowest BCUT2D eigenvalue weighted by Gasteiger charge is -2.29. The van der Waals surface area contributed by atoms with Gasteiger partial charge < -0.3 is 19.3 Å². The van der Waals surface area contributed by atoms with Crippen LogP contribution in [0.15, 0.2) is 54.3 Å². The highest BCUT2D eigenvalue weighted by atomic mass is 35.5. The van der Waals surface area contributed by atoms with Crippen LogP contribution in [0.3, 0.4) is 0 Å². The van der Waals surface area contributed by atoms with Crippen molar-refractivity contribution in [3.8, 4) is 22.8 Å². The molecular formula is C34H38Cl2N6O7. The van der Waals surface area contributed by atoms with Crippen molar-refractivity contribution in [1.29, 1.82) is 0 Å². The van der Waals surface area contributed by atoms with E-state index in [1.807, 2.05) is 12.1 Å². The number of carbonyl (C=O) groups is 3. The number of aromatic nitrogens is 6. The topological polar surface area (TPSA) is 161 Å². The fourth-order valence-corrected chi connectivity index (χ4v) is 4.71. The number of benzene rings is 2. The van der Waals surface area contributed by atoms with Crippen molar-refractivity contribution < 1.29 is 33.7 Å². The Morgan fingerprint density at radius 3 is 2.00 bits per heavy atom. The van der Waals surface area contributed by atoms with Crippen LogP contribution >= 0.6 is 23.2 Å². The van der Waals surface area contributed by atoms with Gasteiger partial charge in [-0.2, -0.15) is 10.2 Å². The van der Waals surface area contributed by atoms with Crippen LogP contribution in [0.1, 0.15) is 46.3 Å². The van der Waals surface area contributed by atoms with Gasteiger partial charge in [0.25, 0.3) is 0 Å². The molecule has 0 fully saturated rings. The SMILES string of the molecule is CCOC(=O)C(C)(C)COC(=O)Cc1nc(-c2ccc(Cl)cc2)nn1C.Cn1nc(-c2ccc(Cl)cc2)nc1C1=C(O)C(C)(C)COC1=O. The van der Waals surface area contributed by atoms with Gasteiger partial charge in [0.2, 0.25) is 0 Å². The molecule has 260 valence electrons. The second-order valence-electron chi connectivity index (χ2n) is 12.5. The molecule has 1 N–H and O–H groups in total. The molecule has 0 spiro atoms. The maximum absolute atomic E-state index is 12.1. The molecule has 15 heteroatoms. The van der Waals surface area contributed by atoms with Gasteiger partial charge in [0.05, 0.1) is 17.4 Å². The largest absolute Gasteiger partial charge is 0.511 e. The second kappa shape index (κ2) is 15.2. The van der Waals surface area contributed by atoms with Crippen LogP contribution in [0, 0.1) is 10.8 Å². The molecule has 2 aromatic heterocycles. The smallest absolute Gasteiger partial charge is 0.345 e. The van der Waals surface area contributed by atoms with Crippen LogP contribution in [0.4, 0.5) is 0 Å². The van der Waals surface area contributed by atoms with Gasteiger partial charge in [0.15, 0.2) is 17.5 Å². The van der Waals surface area contributed by atoms with Gasteiger partial charge in [0.1, 0.15) is 36.8 Å². The second-order valence-corrected chi connectivity index (χ2v) is 13.4. The van der Waals surface area contributed by atoms with Crippen molar-refractivity contribution in [1.82, 2.24) is 29.5 Å². The lowest BCUT2D eigenvalue weighted by atomic mass is 9.87. The van der Waals surface area contributed by atoms with Crippen LogP contribution in [0.5, 0.6) is 0 Å². The number of ether oxygens (including phenoxy) is 3. The number of cyclic esters (lactones) is 1. The summed E-state index contributed by atoms with van der Waals surface area (Å²) in [6.07, 6.45) is -0.0456. The van der Waals surface area contributed by atoms with Gasteiger partial charge in [-0.1, -0.05) is 23.2 Å². The molecule has 0 aliphatic carbocycles. The summed E-state index contributed by atoms with van der Waals surface area (Å²) in [5.74, 6) is 0.150. The molecule has 2 aromatic carbocycles. The fourth-order valence-electron chi connectivity index (χ4n) is 4.46. The fraction of sp³-hybridized carbons (Fsp3) is 0.382. The molecule has 13 nitrogen and oxygen atoms in total. The van der Waals surface area contributed by atoms with Crippen LogP contribution in [-0.4, -0.2) is 72.4 Å². The number of aliphatic hydroxyl groups excluding tert-OH is 1. The number of hydrogen-bond acceptors (Lipinski definition) is 11. The third-order valence-electron chi connectivity index (χ3n) is 7.42. The molecule has 0 saturated carbocycles. The standard InChI is InChI=1S/C18H22ClN3O4.C16H16ClN3O3/c1-5-25-17(24)18(2,3)11-26-15(23)10-14-20-16(21-22(14)4)12-6-8-13(19)9-7-12;1-16(2)8-23-15(22)11(12(16)21)14-18-13(19-20(14)3)9-4-6-10(17)7-5-9/h6-9H,5,10-11H2,1-4H3;4-7,21H,8H2,1-3H3. The van der Waals surface area contributed by atoms with E-state index in [1.165, 1.54) is 9.36 Å². The maximum Gasteiger partial charge on any atom is 0.345 e. The van der Waals surface area contributed by atoms with Gasteiger partial charge in [-0.25, -0.2) is 19.4 Å². The predicted octanol–water partition coefficient (Wildman–Crippen LogP) is 5.80. The molecule has 0 unspecified atom stereocenters. The number of aliphatic hydroxyl groups is 1. The molecule has 5 rings (SSSR count). The van der Waals surface area contributed by atoms with Crippen LogP contribution in [-0.2, 0) is 49.1 Å². The predicted molar refractivity (Wildman–Crippen MR) is 182 cm³/mol. The van der Waals surface area contributed by atoms with Gasteiger partial charge >= 0.3 is 17.9 Å². The molecule has 1 aliphatic rings. The number of esters is 3. The first kappa shape index (κ1) is 37.1. The van der Waals surface area contributed by atoms with E-state index in [0.717, 1.165) is 11.1 Å². The van der Waals surface area contributed by atoms with Crippen LogP contribution < -0.4 is 0 Å².